The van der Waals surface area contributed by atoms with E-state index in [1.807, 2.05) is 0 Å². The molecule has 0 unspecified atom stereocenters. The fraction of sp³-hybridized carbons (Fsp3) is 0.400. The van der Waals surface area contributed by atoms with Gasteiger partial charge in [-0.3, -0.25) is 4.39 Å². The zero-order valence-corrected chi connectivity index (χ0v) is 8.27. The largest absolute Gasteiger partial charge is 0.497 e. The first-order valence-electron chi connectivity index (χ1n) is 4.44. The van der Waals surface area contributed by atoms with Crippen LogP contribution in [0.2, 0.25) is 0 Å². The third-order valence-corrected chi connectivity index (χ3v) is 2.08. The van der Waals surface area contributed by atoms with Crippen molar-refractivity contribution in [2.75, 3.05) is 13.8 Å². The molecular weight excluding hydrogens is 207 g/mol. The molecule has 0 amide bonds. The molecule has 0 fully saturated rings. The molecule has 0 aliphatic carbocycles. The second-order valence-corrected chi connectivity index (χ2v) is 3.09. The lowest BCUT2D eigenvalue weighted by Crippen LogP contribution is -2.15. The molecule has 1 atom stereocenters. The molecule has 1 rings (SSSR count). The molecule has 0 aliphatic rings. The van der Waals surface area contributed by atoms with Crippen molar-refractivity contribution in [1.29, 1.82) is 0 Å². The first-order valence-corrected chi connectivity index (χ1v) is 4.44. The van der Waals surface area contributed by atoms with Crippen molar-refractivity contribution in [1.82, 2.24) is 0 Å². The van der Waals surface area contributed by atoms with Gasteiger partial charge in [0.05, 0.1) is 13.8 Å². The first kappa shape index (κ1) is 11.8. The summed E-state index contributed by atoms with van der Waals surface area (Å²) in [6, 6.07) is 1.08. The molecule has 0 bridgehead atoms. The van der Waals surface area contributed by atoms with Crippen LogP contribution in [0.15, 0.2) is 12.1 Å². The highest BCUT2D eigenvalue weighted by molar-refractivity contribution is 5.32. The van der Waals surface area contributed by atoms with E-state index in [1.165, 1.54) is 7.11 Å². The Balaban J connectivity index is 3.07. The third-order valence-electron chi connectivity index (χ3n) is 2.08. The van der Waals surface area contributed by atoms with Gasteiger partial charge >= 0.3 is 0 Å². The quantitative estimate of drug-likeness (QED) is 0.843. The summed E-state index contributed by atoms with van der Waals surface area (Å²) in [5.74, 6) is -1.55. The standard InChI is InChI=1S/C10H12F3NO/c1-15-6-4-7(12)10(8(13)5-6)9(14)2-3-11/h4-5,9H,2-3,14H2,1H3/t9-/m1/s1. The lowest BCUT2D eigenvalue weighted by Gasteiger charge is -2.13. The van der Waals surface area contributed by atoms with Crippen molar-refractivity contribution in [2.45, 2.75) is 12.5 Å². The molecule has 0 saturated carbocycles. The van der Waals surface area contributed by atoms with Crippen LogP contribution in [-0.4, -0.2) is 13.8 Å². The van der Waals surface area contributed by atoms with Crippen molar-refractivity contribution in [2.24, 2.45) is 5.73 Å². The van der Waals surface area contributed by atoms with Gasteiger partial charge in [0.2, 0.25) is 0 Å². The van der Waals surface area contributed by atoms with E-state index in [2.05, 4.69) is 4.74 Å². The van der Waals surface area contributed by atoms with Crippen LogP contribution in [0.25, 0.3) is 0 Å². The molecule has 1 aromatic rings. The maximum Gasteiger partial charge on any atom is 0.134 e. The summed E-state index contributed by atoms with van der Waals surface area (Å²) in [6.45, 7) is -0.716. The number of methoxy groups -OCH3 is 1. The normalized spacial score (nSPS) is 12.6. The van der Waals surface area contributed by atoms with E-state index in [-0.39, 0.29) is 17.7 Å². The summed E-state index contributed by atoms with van der Waals surface area (Å²) < 4.78 is 43.4. The summed E-state index contributed by atoms with van der Waals surface area (Å²) in [4.78, 5) is 0. The molecule has 0 aliphatic heterocycles. The zero-order chi connectivity index (χ0) is 11.4. The number of halogens is 3. The van der Waals surface area contributed by atoms with E-state index in [0.29, 0.717) is 0 Å². The molecule has 2 N–H and O–H groups in total. The number of hydrogen-bond donors (Lipinski definition) is 1. The van der Waals surface area contributed by atoms with Crippen molar-refractivity contribution >= 4 is 0 Å². The lowest BCUT2D eigenvalue weighted by atomic mass is 10.0. The van der Waals surface area contributed by atoms with Gasteiger partial charge in [0.1, 0.15) is 17.4 Å². The fourth-order valence-electron chi connectivity index (χ4n) is 1.30. The van der Waals surface area contributed by atoms with E-state index in [9.17, 15) is 13.2 Å². The van der Waals surface area contributed by atoms with E-state index >= 15 is 0 Å². The van der Waals surface area contributed by atoms with Crippen LogP contribution < -0.4 is 10.5 Å². The molecule has 15 heavy (non-hydrogen) atoms. The van der Waals surface area contributed by atoms with E-state index in [4.69, 9.17) is 5.73 Å². The van der Waals surface area contributed by atoms with Crippen LogP contribution in [0.3, 0.4) is 0 Å². The summed E-state index contributed by atoms with van der Waals surface area (Å²) in [5, 5.41) is 0. The molecule has 0 aromatic heterocycles. The van der Waals surface area contributed by atoms with Crippen molar-refractivity contribution in [3.05, 3.63) is 29.3 Å². The van der Waals surface area contributed by atoms with Gasteiger partial charge in [-0.1, -0.05) is 0 Å². The molecule has 0 heterocycles. The second kappa shape index (κ2) is 5.02. The minimum atomic E-state index is -0.971. The van der Waals surface area contributed by atoms with Gasteiger partial charge in [-0.2, -0.15) is 0 Å². The minimum Gasteiger partial charge on any atom is -0.497 e. The number of hydrogen-bond acceptors (Lipinski definition) is 2. The van der Waals surface area contributed by atoms with Crippen LogP contribution in [-0.2, 0) is 0 Å². The number of nitrogens with two attached hydrogens (primary N) is 1. The highest BCUT2D eigenvalue weighted by Gasteiger charge is 2.18. The monoisotopic (exact) mass is 219 g/mol. The molecule has 0 spiro atoms. The lowest BCUT2D eigenvalue weighted by molar-refractivity contribution is 0.398. The van der Waals surface area contributed by atoms with Crippen LogP contribution in [0.4, 0.5) is 13.2 Å². The highest BCUT2D eigenvalue weighted by atomic mass is 19.1. The van der Waals surface area contributed by atoms with Crippen LogP contribution in [0.5, 0.6) is 5.75 Å². The van der Waals surface area contributed by atoms with Gasteiger partial charge in [-0.05, 0) is 6.42 Å². The molecule has 0 radical (unpaired) electrons. The van der Waals surface area contributed by atoms with Crippen LogP contribution in [0.1, 0.15) is 18.0 Å². The molecule has 5 heteroatoms. The third kappa shape index (κ3) is 2.62. The van der Waals surface area contributed by atoms with Gasteiger partial charge in [0, 0.05) is 23.7 Å². The smallest absolute Gasteiger partial charge is 0.134 e. The topological polar surface area (TPSA) is 35.2 Å². The summed E-state index contributed by atoms with van der Waals surface area (Å²) in [5.41, 5.74) is 5.14. The first-order chi connectivity index (χ1) is 7.10. The highest BCUT2D eigenvalue weighted by Crippen LogP contribution is 2.26. The SMILES string of the molecule is COc1cc(F)c([C@H](N)CCF)c(F)c1. The van der Waals surface area contributed by atoms with Gasteiger partial charge in [-0.15, -0.1) is 0 Å². The van der Waals surface area contributed by atoms with Crippen LogP contribution >= 0.6 is 0 Å². The maximum absolute atomic E-state index is 13.3. The minimum absolute atomic E-state index is 0.0706. The van der Waals surface area contributed by atoms with Crippen molar-refractivity contribution in [3.8, 4) is 5.75 Å². The average molecular weight is 219 g/mol. The maximum atomic E-state index is 13.3. The van der Waals surface area contributed by atoms with Gasteiger partial charge in [-0.25, -0.2) is 8.78 Å². The number of benzene rings is 1. The molecule has 2 nitrogen and oxygen atoms in total. The van der Waals surface area contributed by atoms with Crippen molar-refractivity contribution in [3.63, 3.8) is 0 Å². The molecular formula is C10H12F3NO. The summed E-state index contributed by atoms with van der Waals surface area (Å²) in [7, 11) is 1.30. The Hall–Kier alpha value is -1.23. The average Bonchev–Trinajstić information content (AvgIpc) is 2.16. The Labute approximate surface area is 85.8 Å². The number of ether oxygens (including phenoxy) is 1. The van der Waals surface area contributed by atoms with Gasteiger partial charge < -0.3 is 10.5 Å². The van der Waals surface area contributed by atoms with Gasteiger partial charge in [0.15, 0.2) is 0 Å². The Morgan fingerprint density at radius 2 is 1.87 bits per heavy atom. The summed E-state index contributed by atoms with van der Waals surface area (Å²) >= 11 is 0. The Kier molecular flexibility index (Phi) is 3.96. The Bertz CT molecular complexity index is 320. The van der Waals surface area contributed by atoms with Crippen LogP contribution in [0, 0.1) is 11.6 Å². The predicted octanol–water partition coefficient (Wildman–Crippen LogP) is 2.33. The predicted molar refractivity (Wildman–Crippen MR) is 50.4 cm³/mol. The fourth-order valence-corrected chi connectivity index (χ4v) is 1.30. The number of rotatable bonds is 4. The van der Waals surface area contributed by atoms with E-state index in [1.54, 1.807) is 0 Å². The summed E-state index contributed by atoms with van der Waals surface area (Å²) in [6.07, 6.45) is -0.111. The van der Waals surface area contributed by atoms with E-state index < -0.39 is 24.4 Å². The molecule has 1 aromatic carbocycles. The van der Waals surface area contributed by atoms with E-state index in [0.717, 1.165) is 12.1 Å². The zero-order valence-electron chi connectivity index (χ0n) is 8.27. The van der Waals surface area contributed by atoms with Gasteiger partial charge in [0.25, 0.3) is 0 Å². The van der Waals surface area contributed by atoms with Crippen molar-refractivity contribution < 1.29 is 17.9 Å². The second-order valence-electron chi connectivity index (χ2n) is 3.09. The molecule has 0 saturated heterocycles. The molecule has 84 valence electrons. The Morgan fingerprint density at radius 1 is 1.33 bits per heavy atom. The Morgan fingerprint density at radius 3 is 2.27 bits per heavy atom. The number of alkyl halides is 1.